The molecule has 0 aliphatic carbocycles. The minimum Gasteiger partial charge on any atom is -0.488 e. The summed E-state index contributed by atoms with van der Waals surface area (Å²) >= 11 is 6.07. The van der Waals surface area contributed by atoms with Gasteiger partial charge >= 0.3 is 0 Å². The van der Waals surface area contributed by atoms with Crippen molar-refractivity contribution >= 4 is 27.5 Å². The Morgan fingerprint density at radius 2 is 1.83 bits per heavy atom. The molecule has 0 heterocycles. The van der Waals surface area contributed by atoms with Crippen LogP contribution in [-0.2, 0) is 10.0 Å². The first kappa shape index (κ1) is 24.0. The Labute approximate surface area is 179 Å². The van der Waals surface area contributed by atoms with Crippen LogP contribution < -0.4 is 10.1 Å². The molecule has 0 saturated heterocycles. The molecular formula is C20H23ClF2N2O4S. The van der Waals surface area contributed by atoms with Gasteiger partial charge in [0, 0.05) is 24.7 Å². The maximum atomic E-state index is 13.6. The topological polar surface area (TPSA) is 75.7 Å². The van der Waals surface area contributed by atoms with Crippen LogP contribution in [0.15, 0.2) is 41.3 Å². The highest BCUT2D eigenvalue weighted by molar-refractivity contribution is 7.89. The molecule has 2 aromatic carbocycles. The quantitative estimate of drug-likeness (QED) is 0.616. The minimum atomic E-state index is -3.85. The summed E-state index contributed by atoms with van der Waals surface area (Å²) in [6, 6.07) is 6.35. The monoisotopic (exact) mass is 460 g/mol. The van der Waals surface area contributed by atoms with E-state index in [9.17, 15) is 22.0 Å². The largest absolute Gasteiger partial charge is 0.488 e. The molecule has 0 aliphatic rings. The number of nitrogens with zero attached hydrogens (tertiary/aromatic N) is 1. The number of sulfonamides is 1. The van der Waals surface area contributed by atoms with Gasteiger partial charge in [-0.2, -0.15) is 4.31 Å². The van der Waals surface area contributed by atoms with Gasteiger partial charge < -0.3 is 10.1 Å². The van der Waals surface area contributed by atoms with Gasteiger partial charge in [0.2, 0.25) is 10.0 Å². The van der Waals surface area contributed by atoms with E-state index in [-0.39, 0.29) is 40.9 Å². The third kappa shape index (κ3) is 5.68. The van der Waals surface area contributed by atoms with Gasteiger partial charge in [-0.25, -0.2) is 17.2 Å². The summed E-state index contributed by atoms with van der Waals surface area (Å²) in [6.45, 7) is 5.49. The van der Waals surface area contributed by atoms with E-state index in [1.165, 1.54) is 22.5 Å². The summed E-state index contributed by atoms with van der Waals surface area (Å²) in [5.74, 6) is -2.26. The molecule has 30 heavy (non-hydrogen) atoms. The van der Waals surface area contributed by atoms with Crippen molar-refractivity contribution in [2.75, 3.05) is 19.7 Å². The van der Waals surface area contributed by atoms with E-state index in [0.29, 0.717) is 6.07 Å². The number of amides is 1. The maximum absolute atomic E-state index is 13.6. The average Bonchev–Trinajstić information content (AvgIpc) is 2.68. The fraction of sp³-hybridized carbons (Fsp3) is 0.350. The van der Waals surface area contributed by atoms with Crippen LogP contribution in [0.2, 0.25) is 5.02 Å². The predicted octanol–water partition coefficient (Wildman–Crippen LogP) is 3.85. The smallest absolute Gasteiger partial charge is 0.251 e. The first-order valence-corrected chi connectivity index (χ1v) is 11.1. The molecule has 0 aliphatic heterocycles. The van der Waals surface area contributed by atoms with Crippen molar-refractivity contribution in [3.05, 3.63) is 58.6 Å². The molecule has 6 nitrogen and oxygen atoms in total. The summed E-state index contributed by atoms with van der Waals surface area (Å²) < 4.78 is 58.6. The molecular weight excluding hydrogens is 438 g/mol. The third-order valence-electron chi connectivity index (χ3n) is 4.28. The number of halogens is 3. The standard InChI is InChI=1S/C20H23ClF2N2O4S/c1-4-25(5-2)30(27,28)19-10-14(6-8-16(19)21)20(26)24-13(3)12-29-18-9-7-15(22)11-17(18)23/h6-11,13H,4-5,12H2,1-3H3,(H,24,26). The first-order valence-electron chi connectivity index (χ1n) is 9.28. The summed E-state index contributed by atoms with van der Waals surface area (Å²) in [6.07, 6.45) is 0. The predicted molar refractivity (Wildman–Crippen MR) is 110 cm³/mol. The summed E-state index contributed by atoms with van der Waals surface area (Å²) in [5, 5.41) is 2.66. The minimum absolute atomic E-state index is 0.0154. The van der Waals surface area contributed by atoms with Gasteiger partial charge in [-0.05, 0) is 37.3 Å². The van der Waals surface area contributed by atoms with E-state index in [1.807, 2.05) is 0 Å². The highest BCUT2D eigenvalue weighted by Gasteiger charge is 2.25. The third-order valence-corrected chi connectivity index (χ3v) is 6.81. The molecule has 1 N–H and O–H groups in total. The number of carbonyl (C=O) groups is 1. The molecule has 10 heteroatoms. The molecule has 0 saturated carbocycles. The van der Waals surface area contributed by atoms with Gasteiger partial charge in [0.1, 0.15) is 17.3 Å². The summed E-state index contributed by atoms with van der Waals surface area (Å²) in [4.78, 5) is 12.4. The van der Waals surface area contributed by atoms with Crippen LogP contribution in [0.3, 0.4) is 0 Å². The zero-order chi connectivity index (χ0) is 22.5. The van der Waals surface area contributed by atoms with Gasteiger partial charge in [-0.15, -0.1) is 0 Å². The highest BCUT2D eigenvalue weighted by atomic mass is 35.5. The van der Waals surface area contributed by atoms with Crippen LogP contribution in [0.25, 0.3) is 0 Å². The van der Waals surface area contributed by atoms with Crippen LogP contribution in [-0.4, -0.2) is 44.4 Å². The number of nitrogens with one attached hydrogen (secondary N) is 1. The lowest BCUT2D eigenvalue weighted by atomic mass is 10.2. The first-order chi connectivity index (χ1) is 14.1. The normalized spacial score (nSPS) is 12.6. The summed E-state index contributed by atoms with van der Waals surface area (Å²) in [7, 11) is -3.85. The lowest BCUT2D eigenvalue weighted by molar-refractivity contribution is 0.0926. The van der Waals surface area contributed by atoms with E-state index in [0.717, 1.165) is 12.1 Å². The number of hydrogen-bond acceptors (Lipinski definition) is 4. The number of ether oxygens (including phenoxy) is 1. The Hall–Kier alpha value is -2.23. The van der Waals surface area contributed by atoms with E-state index in [2.05, 4.69) is 5.32 Å². The molecule has 2 rings (SSSR count). The van der Waals surface area contributed by atoms with Crippen molar-refractivity contribution in [2.45, 2.75) is 31.7 Å². The molecule has 0 radical (unpaired) electrons. The highest BCUT2D eigenvalue weighted by Crippen LogP contribution is 2.26. The number of benzene rings is 2. The summed E-state index contributed by atoms with van der Waals surface area (Å²) in [5.41, 5.74) is 0.102. The number of hydrogen-bond donors (Lipinski definition) is 1. The van der Waals surface area contributed by atoms with E-state index >= 15 is 0 Å². The molecule has 1 unspecified atom stereocenters. The number of rotatable bonds is 9. The van der Waals surface area contributed by atoms with Crippen LogP contribution in [0.5, 0.6) is 5.75 Å². The van der Waals surface area contributed by atoms with E-state index in [1.54, 1.807) is 20.8 Å². The van der Waals surface area contributed by atoms with Crippen molar-refractivity contribution in [1.29, 1.82) is 0 Å². The zero-order valence-electron chi connectivity index (χ0n) is 16.8. The molecule has 1 amide bonds. The molecule has 0 spiro atoms. The van der Waals surface area contributed by atoms with Crippen molar-refractivity contribution < 1.29 is 26.7 Å². The van der Waals surface area contributed by atoms with Crippen LogP contribution in [0, 0.1) is 11.6 Å². The molecule has 1 atom stereocenters. The lowest BCUT2D eigenvalue weighted by Gasteiger charge is -2.20. The van der Waals surface area contributed by atoms with Gasteiger partial charge in [0.15, 0.2) is 11.6 Å². The van der Waals surface area contributed by atoms with Crippen LogP contribution in [0.1, 0.15) is 31.1 Å². The van der Waals surface area contributed by atoms with E-state index < -0.39 is 33.6 Å². The second-order valence-corrected chi connectivity index (χ2v) is 8.81. The fourth-order valence-corrected chi connectivity index (χ4v) is 4.66. The second-order valence-electron chi connectivity index (χ2n) is 6.49. The van der Waals surface area contributed by atoms with Crippen molar-refractivity contribution in [3.63, 3.8) is 0 Å². The van der Waals surface area contributed by atoms with Gasteiger partial charge in [-0.3, -0.25) is 4.79 Å². The molecule has 0 aromatic heterocycles. The maximum Gasteiger partial charge on any atom is 0.251 e. The van der Waals surface area contributed by atoms with Crippen LogP contribution >= 0.6 is 11.6 Å². The lowest BCUT2D eigenvalue weighted by Crippen LogP contribution is -2.37. The Bertz CT molecular complexity index is 1010. The van der Waals surface area contributed by atoms with Crippen molar-refractivity contribution in [3.8, 4) is 5.75 Å². The average molecular weight is 461 g/mol. The SMILES string of the molecule is CCN(CC)S(=O)(=O)c1cc(C(=O)NC(C)COc2ccc(F)cc2F)ccc1Cl. The second kappa shape index (κ2) is 10.2. The van der Waals surface area contributed by atoms with Gasteiger partial charge in [-0.1, -0.05) is 25.4 Å². The Kier molecular flexibility index (Phi) is 8.17. The zero-order valence-corrected chi connectivity index (χ0v) is 18.4. The van der Waals surface area contributed by atoms with Crippen LogP contribution in [0.4, 0.5) is 8.78 Å². The Morgan fingerprint density at radius 1 is 1.17 bits per heavy atom. The Balaban J connectivity index is 2.11. The fourth-order valence-electron chi connectivity index (χ4n) is 2.70. The molecule has 0 bridgehead atoms. The molecule has 164 valence electrons. The van der Waals surface area contributed by atoms with Gasteiger partial charge in [0.05, 0.1) is 11.1 Å². The van der Waals surface area contributed by atoms with E-state index in [4.69, 9.17) is 16.3 Å². The molecule has 2 aromatic rings. The van der Waals surface area contributed by atoms with Crippen molar-refractivity contribution in [2.24, 2.45) is 0 Å². The molecule has 0 fully saturated rings. The number of carbonyl (C=O) groups excluding carboxylic acids is 1. The van der Waals surface area contributed by atoms with Crippen molar-refractivity contribution in [1.82, 2.24) is 9.62 Å². The Morgan fingerprint density at radius 3 is 2.43 bits per heavy atom. The van der Waals surface area contributed by atoms with Gasteiger partial charge in [0.25, 0.3) is 5.91 Å².